The molecule has 3 rings (SSSR count). The maximum absolute atomic E-state index is 6.22. The molecule has 1 N–H and O–H groups in total. The Labute approximate surface area is 120 Å². The van der Waals surface area contributed by atoms with Gasteiger partial charge in [0.1, 0.15) is 11.9 Å². The van der Waals surface area contributed by atoms with Crippen molar-refractivity contribution in [3.8, 4) is 5.75 Å². The maximum Gasteiger partial charge on any atom is 0.119 e. The van der Waals surface area contributed by atoms with E-state index in [9.17, 15) is 0 Å². The molecule has 0 heterocycles. The highest BCUT2D eigenvalue weighted by Gasteiger charge is 2.33. The summed E-state index contributed by atoms with van der Waals surface area (Å²) in [5.41, 5.74) is 2.81. The van der Waals surface area contributed by atoms with E-state index in [1.165, 1.54) is 11.1 Å². The molecule has 0 aromatic heterocycles. The van der Waals surface area contributed by atoms with E-state index >= 15 is 0 Å². The Morgan fingerprint density at radius 1 is 0.950 bits per heavy atom. The summed E-state index contributed by atoms with van der Waals surface area (Å²) in [5.74, 6) is 1.48. The second kappa shape index (κ2) is 5.68. The molecule has 0 aliphatic heterocycles. The van der Waals surface area contributed by atoms with Gasteiger partial charge in [-0.3, -0.25) is 0 Å². The lowest BCUT2D eigenvalue weighted by molar-refractivity contribution is 0.130. The molecule has 2 nitrogen and oxygen atoms in total. The van der Waals surface area contributed by atoms with E-state index in [-0.39, 0.29) is 12.1 Å². The quantitative estimate of drug-likeness (QED) is 0.910. The number of benzene rings is 2. The van der Waals surface area contributed by atoms with Crippen molar-refractivity contribution in [1.82, 2.24) is 5.32 Å². The van der Waals surface area contributed by atoms with Gasteiger partial charge >= 0.3 is 0 Å². The molecule has 104 valence electrons. The van der Waals surface area contributed by atoms with Crippen LogP contribution < -0.4 is 10.1 Å². The normalized spacial score (nSPS) is 25.0. The fraction of sp³-hybridized carbons (Fsp3) is 0.333. The van der Waals surface area contributed by atoms with Gasteiger partial charge in [0.2, 0.25) is 0 Å². The molecular weight excluding hydrogens is 246 g/mol. The van der Waals surface area contributed by atoms with E-state index in [0.717, 1.165) is 12.2 Å². The predicted octanol–water partition coefficient (Wildman–Crippen LogP) is 3.90. The number of para-hydroxylation sites is 1. The van der Waals surface area contributed by atoms with Crippen LogP contribution in [-0.4, -0.2) is 13.2 Å². The molecule has 0 fully saturated rings. The zero-order valence-electron chi connectivity index (χ0n) is 12.0. The minimum atomic E-state index is 0.173. The second-order valence-corrected chi connectivity index (χ2v) is 5.50. The lowest BCUT2D eigenvalue weighted by Gasteiger charge is -2.36. The Balaban J connectivity index is 1.90. The van der Waals surface area contributed by atoms with Crippen molar-refractivity contribution in [1.29, 1.82) is 0 Å². The molecule has 0 radical (unpaired) electrons. The number of likely N-dealkylation sites (N-methyl/N-ethyl adjacent to an activating group) is 1. The average molecular weight is 267 g/mol. The summed E-state index contributed by atoms with van der Waals surface area (Å²) in [6.45, 7) is 2.28. The van der Waals surface area contributed by atoms with Gasteiger partial charge in [-0.05, 0) is 42.6 Å². The van der Waals surface area contributed by atoms with Crippen LogP contribution in [0.5, 0.6) is 5.75 Å². The van der Waals surface area contributed by atoms with Gasteiger partial charge in [0.25, 0.3) is 0 Å². The van der Waals surface area contributed by atoms with Crippen molar-refractivity contribution < 1.29 is 4.74 Å². The first-order valence-corrected chi connectivity index (χ1v) is 7.27. The summed E-state index contributed by atoms with van der Waals surface area (Å²) >= 11 is 0. The van der Waals surface area contributed by atoms with Crippen LogP contribution in [0.2, 0.25) is 0 Å². The number of nitrogens with one attached hydrogen (secondary N) is 1. The molecule has 0 amide bonds. The van der Waals surface area contributed by atoms with Gasteiger partial charge in [-0.15, -0.1) is 0 Å². The third-order valence-electron chi connectivity index (χ3n) is 4.16. The molecule has 0 spiro atoms. The Morgan fingerprint density at radius 2 is 1.60 bits per heavy atom. The van der Waals surface area contributed by atoms with E-state index in [0.29, 0.717) is 5.92 Å². The molecule has 20 heavy (non-hydrogen) atoms. The molecular formula is C18H21NO. The van der Waals surface area contributed by atoms with Crippen molar-refractivity contribution in [2.24, 2.45) is 0 Å². The van der Waals surface area contributed by atoms with Gasteiger partial charge < -0.3 is 10.1 Å². The summed E-state index contributed by atoms with van der Waals surface area (Å²) in [6.07, 6.45) is 1.21. The van der Waals surface area contributed by atoms with Crippen LogP contribution in [0.1, 0.15) is 36.4 Å². The fourth-order valence-electron chi connectivity index (χ4n) is 3.19. The van der Waals surface area contributed by atoms with Crippen molar-refractivity contribution in [3.05, 3.63) is 65.7 Å². The standard InChI is InChI=1S/C18H21NO/c1-13-12-17(20-14-8-4-3-5-9-14)18(19-2)16-11-7-6-10-15(13)16/h3-11,13,17-19H,12H2,1-2H3. The Morgan fingerprint density at radius 3 is 2.30 bits per heavy atom. The van der Waals surface area contributed by atoms with Gasteiger partial charge in [-0.1, -0.05) is 49.4 Å². The van der Waals surface area contributed by atoms with Gasteiger partial charge in [0.15, 0.2) is 0 Å². The SMILES string of the molecule is CNC1c2ccccc2C(C)CC1Oc1ccccc1. The number of hydrogen-bond donors (Lipinski definition) is 1. The number of rotatable bonds is 3. The average Bonchev–Trinajstić information content (AvgIpc) is 2.49. The highest BCUT2D eigenvalue weighted by atomic mass is 16.5. The zero-order chi connectivity index (χ0) is 13.9. The summed E-state index contributed by atoms with van der Waals surface area (Å²) in [4.78, 5) is 0. The molecule has 3 atom stereocenters. The third-order valence-corrected chi connectivity index (χ3v) is 4.16. The first kappa shape index (κ1) is 13.2. The summed E-state index contributed by atoms with van der Waals surface area (Å²) in [5, 5.41) is 3.43. The van der Waals surface area contributed by atoms with Crippen molar-refractivity contribution >= 4 is 0 Å². The molecule has 1 aliphatic carbocycles. The molecule has 2 aromatic carbocycles. The highest BCUT2D eigenvalue weighted by Crippen LogP contribution is 2.38. The molecule has 1 aliphatic rings. The summed E-state index contributed by atoms with van der Waals surface area (Å²) in [6, 6.07) is 19.0. The molecule has 3 unspecified atom stereocenters. The van der Waals surface area contributed by atoms with Crippen LogP contribution in [-0.2, 0) is 0 Å². The van der Waals surface area contributed by atoms with Crippen LogP contribution in [0.25, 0.3) is 0 Å². The topological polar surface area (TPSA) is 21.3 Å². The molecule has 2 aromatic rings. The number of fused-ring (bicyclic) bond motifs is 1. The number of hydrogen-bond acceptors (Lipinski definition) is 2. The van der Waals surface area contributed by atoms with Gasteiger partial charge in [-0.25, -0.2) is 0 Å². The number of ether oxygens (including phenoxy) is 1. The van der Waals surface area contributed by atoms with Crippen LogP contribution in [0.3, 0.4) is 0 Å². The van der Waals surface area contributed by atoms with E-state index in [4.69, 9.17) is 4.74 Å². The van der Waals surface area contributed by atoms with Crippen LogP contribution in [0, 0.1) is 0 Å². The predicted molar refractivity (Wildman–Crippen MR) is 82.1 cm³/mol. The molecule has 0 saturated heterocycles. The van der Waals surface area contributed by atoms with E-state index in [2.05, 4.69) is 36.5 Å². The first-order chi connectivity index (χ1) is 9.79. The minimum absolute atomic E-state index is 0.173. The van der Waals surface area contributed by atoms with Crippen molar-refractivity contribution in [3.63, 3.8) is 0 Å². The Kier molecular flexibility index (Phi) is 3.75. The molecule has 0 saturated carbocycles. The second-order valence-electron chi connectivity index (χ2n) is 5.50. The summed E-state index contributed by atoms with van der Waals surface area (Å²) < 4.78 is 6.22. The van der Waals surface area contributed by atoms with E-state index in [1.54, 1.807) is 0 Å². The van der Waals surface area contributed by atoms with E-state index in [1.807, 2.05) is 37.4 Å². The third kappa shape index (κ3) is 2.44. The van der Waals surface area contributed by atoms with E-state index < -0.39 is 0 Å². The van der Waals surface area contributed by atoms with Gasteiger partial charge in [-0.2, -0.15) is 0 Å². The highest BCUT2D eigenvalue weighted by molar-refractivity contribution is 5.37. The summed E-state index contributed by atoms with van der Waals surface area (Å²) in [7, 11) is 2.01. The Hall–Kier alpha value is -1.80. The first-order valence-electron chi connectivity index (χ1n) is 7.27. The Bertz CT molecular complexity index is 567. The minimum Gasteiger partial charge on any atom is -0.488 e. The van der Waals surface area contributed by atoms with Crippen LogP contribution in [0.4, 0.5) is 0 Å². The monoisotopic (exact) mass is 267 g/mol. The maximum atomic E-state index is 6.22. The van der Waals surface area contributed by atoms with Gasteiger partial charge in [0.05, 0.1) is 6.04 Å². The van der Waals surface area contributed by atoms with Crippen molar-refractivity contribution in [2.75, 3.05) is 7.05 Å². The molecule has 2 heteroatoms. The lowest BCUT2D eigenvalue weighted by Crippen LogP contribution is -2.38. The zero-order valence-corrected chi connectivity index (χ0v) is 12.0. The van der Waals surface area contributed by atoms with Gasteiger partial charge in [0, 0.05) is 0 Å². The van der Waals surface area contributed by atoms with Crippen LogP contribution in [0.15, 0.2) is 54.6 Å². The molecule has 0 bridgehead atoms. The van der Waals surface area contributed by atoms with Crippen molar-refractivity contribution in [2.45, 2.75) is 31.4 Å². The smallest absolute Gasteiger partial charge is 0.119 e. The fourth-order valence-corrected chi connectivity index (χ4v) is 3.19. The lowest BCUT2D eigenvalue weighted by atomic mass is 9.79. The van der Waals surface area contributed by atoms with Crippen LogP contribution >= 0.6 is 0 Å². The largest absolute Gasteiger partial charge is 0.488 e.